The maximum absolute atomic E-state index is 12.6. The third-order valence-corrected chi connectivity index (χ3v) is 16.1. The monoisotopic (exact) mass is 1200 g/mol. The fourth-order valence-electron chi connectivity index (χ4n) is 6.05. The first-order chi connectivity index (χ1) is 34.8. The molecule has 0 atom stereocenters. The van der Waals surface area contributed by atoms with E-state index in [4.69, 9.17) is 31.7 Å². The zero-order valence-corrected chi connectivity index (χ0v) is 43.0. The Hall–Kier alpha value is -6.25. The Labute approximate surface area is 432 Å². The Kier molecular flexibility index (Phi) is 17.7. The number of nitrogens with zero attached hydrogens (tertiary/aromatic N) is 7. The summed E-state index contributed by atoms with van der Waals surface area (Å²) in [4.78, 5) is 9.20. The standard InChI is InChI=1S/C35H31ClN10O22S7/c36-33-40-34(38-19-1-6-22(7-2-19)70(49,50)13-11-65-74(59,60)61)42-35(41-33)39-21-5-10-26(72(53,54)55)24(17-21)44-45-30-25(69-68-67-48)15-18-16-27(73(56,57)58)31(29(37)28(18)32(30)47)46-43-20-3-8-23(9-4-20)71(51,52)14-12-66-75(62,63)64/h1-10,15-17,47-48H,11-14,37H2,(H,53,54,55)(H,56,57,58)(H,59,60,61)(H,62,63,64)(H2,38,39,40,41,42). The van der Waals surface area contributed by atoms with Gasteiger partial charge in [-0.3, -0.25) is 18.2 Å². The number of nitrogens with two attached hydrogens (primary N) is 1. The molecule has 75 heavy (non-hydrogen) atoms. The van der Waals surface area contributed by atoms with E-state index in [2.05, 4.69) is 63.8 Å². The van der Waals surface area contributed by atoms with Crippen LogP contribution in [0.4, 0.5) is 51.7 Å². The number of halogens is 1. The number of fused-ring (bicyclic) bond motifs is 1. The molecule has 1 heterocycles. The highest BCUT2D eigenvalue weighted by molar-refractivity contribution is 7.94. The van der Waals surface area contributed by atoms with Gasteiger partial charge in [0.05, 0.1) is 68.2 Å². The number of sulfone groups is 2. The van der Waals surface area contributed by atoms with Crippen molar-refractivity contribution < 1.29 is 96.8 Å². The van der Waals surface area contributed by atoms with Crippen LogP contribution in [-0.2, 0) is 78.4 Å². The molecule has 0 amide bonds. The van der Waals surface area contributed by atoms with E-state index in [1.807, 2.05) is 0 Å². The molecule has 0 spiro atoms. The van der Waals surface area contributed by atoms with Gasteiger partial charge in [-0.05, 0) is 95.8 Å². The molecule has 0 fully saturated rings. The van der Waals surface area contributed by atoms with Crippen LogP contribution in [0.5, 0.6) is 5.75 Å². The SMILES string of the molecule is Nc1c(N=Nc2ccc(S(=O)(=O)CCOS(=O)(=O)O)cc2)c(S(=O)(=O)O)cc2cc(SOOO)c(N=Nc3cc(Nc4nc(Cl)nc(Nc5ccc(S(=O)(=O)CCOS(=O)(=O)O)cc5)n4)ccc3S(=O)(=O)O)c(O)c12. The Morgan fingerprint density at radius 1 is 0.613 bits per heavy atom. The summed E-state index contributed by atoms with van der Waals surface area (Å²) in [6.07, 6.45) is 0. The van der Waals surface area contributed by atoms with Crippen LogP contribution in [-0.4, -0.2) is 119 Å². The van der Waals surface area contributed by atoms with Crippen molar-refractivity contribution in [1.82, 2.24) is 15.0 Å². The topological polar surface area (TPSA) is 501 Å². The van der Waals surface area contributed by atoms with Gasteiger partial charge in [-0.2, -0.15) is 53.7 Å². The molecule has 0 aliphatic carbocycles. The Bertz CT molecular complexity index is 3960. The van der Waals surface area contributed by atoms with Crippen LogP contribution in [0.3, 0.4) is 0 Å². The lowest BCUT2D eigenvalue weighted by atomic mass is 10.1. The summed E-state index contributed by atoms with van der Waals surface area (Å²) in [7, 11) is -28.4. The summed E-state index contributed by atoms with van der Waals surface area (Å²) < 4.78 is 194. The largest absolute Gasteiger partial charge is 0.505 e. The number of hydrogen-bond acceptors (Lipinski definition) is 29. The number of phenolic OH excluding ortho intramolecular Hbond substituents is 1. The molecule has 32 nitrogen and oxygen atoms in total. The number of phenols is 1. The minimum Gasteiger partial charge on any atom is -0.505 e. The zero-order chi connectivity index (χ0) is 55.3. The number of nitrogens with one attached hydrogen (secondary N) is 2. The quantitative estimate of drug-likeness (QED) is 0.00969. The fourth-order valence-corrected chi connectivity index (χ4v) is 11.0. The lowest BCUT2D eigenvalue weighted by Gasteiger charge is -2.14. The number of hydrogen-bond donors (Lipinski definition) is 9. The van der Waals surface area contributed by atoms with Crippen molar-refractivity contribution in [3.63, 3.8) is 0 Å². The molecule has 1 aromatic heterocycles. The number of aromatic nitrogens is 3. The first-order valence-corrected chi connectivity index (χ1v) is 29.4. The third-order valence-electron chi connectivity index (χ3n) is 9.20. The zero-order valence-electron chi connectivity index (χ0n) is 36.5. The van der Waals surface area contributed by atoms with Gasteiger partial charge in [-0.25, -0.2) is 30.5 Å². The average Bonchev–Trinajstić information content (AvgIpc) is 3.28. The molecule has 40 heteroatoms. The van der Waals surface area contributed by atoms with E-state index in [1.54, 1.807) is 0 Å². The van der Waals surface area contributed by atoms with Gasteiger partial charge < -0.3 is 21.5 Å². The van der Waals surface area contributed by atoms with Crippen molar-refractivity contribution in [3.05, 3.63) is 84.1 Å². The minimum atomic E-state index is -5.23. The maximum atomic E-state index is 12.6. The Balaban J connectivity index is 1.33. The van der Waals surface area contributed by atoms with E-state index in [-0.39, 0.29) is 61.1 Å². The minimum absolute atomic E-state index is 0.0648. The van der Waals surface area contributed by atoms with Crippen molar-refractivity contribution in [2.24, 2.45) is 20.5 Å². The molecule has 0 bridgehead atoms. The van der Waals surface area contributed by atoms with E-state index in [0.29, 0.717) is 0 Å². The van der Waals surface area contributed by atoms with Crippen LogP contribution in [0.2, 0.25) is 5.28 Å². The molecule has 0 aliphatic heterocycles. The second-order valence-electron chi connectivity index (χ2n) is 14.2. The lowest BCUT2D eigenvalue weighted by molar-refractivity contribution is -0.432. The van der Waals surface area contributed by atoms with E-state index in [0.717, 1.165) is 66.7 Å². The lowest BCUT2D eigenvalue weighted by Crippen LogP contribution is -2.15. The highest BCUT2D eigenvalue weighted by Gasteiger charge is 2.27. The fraction of sp³-hybridized carbons (Fsp3) is 0.114. The number of rotatable bonds is 23. The van der Waals surface area contributed by atoms with Crippen molar-refractivity contribution >= 4 is 147 Å². The van der Waals surface area contributed by atoms with E-state index in [9.17, 15) is 64.7 Å². The van der Waals surface area contributed by atoms with Gasteiger partial charge in [0.15, 0.2) is 25.4 Å². The number of nitrogen functional groups attached to an aromatic ring is 1. The molecule has 0 saturated carbocycles. The van der Waals surface area contributed by atoms with Crippen molar-refractivity contribution in [2.45, 2.75) is 24.5 Å². The number of aromatic hydroxyl groups is 1. The predicted octanol–water partition coefficient (Wildman–Crippen LogP) is 5.39. The third kappa shape index (κ3) is 15.7. The van der Waals surface area contributed by atoms with Crippen molar-refractivity contribution in [2.75, 3.05) is 41.1 Å². The summed E-state index contributed by atoms with van der Waals surface area (Å²) in [5, 5.41) is 44.0. The molecule has 5 aromatic carbocycles. The highest BCUT2D eigenvalue weighted by atomic mass is 35.5. The first-order valence-electron chi connectivity index (χ1n) is 19.4. The molecule has 0 unspecified atom stereocenters. The smallest absolute Gasteiger partial charge is 0.397 e. The van der Waals surface area contributed by atoms with Crippen molar-refractivity contribution in [3.8, 4) is 5.75 Å². The van der Waals surface area contributed by atoms with Crippen LogP contribution in [0.25, 0.3) is 10.8 Å². The molecule has 6 aromatic rings. The second-order valence-corrected chi connectivity index (χ2v) is 24.5. The highest BCUT2D eigenvalue weighted by Crippen LogP contribution is 2.50. The van der Waals surface area contributed by atoms with Crippen LogP contribution in [0, 0.1) is 0 Å². The first kappa shape index (κ1) is 58.0. The molecule has 6 rings (SSSR count). The second kappa shape index (κ2) is 22.9. The van der Waals surface area contributed by atoms with E-state index >= 15 is 0 Å². The number of anilines is 5. The summed E-state index contributed by atoms with van der Waals surface area (Å²) in [6, 6.07) is 13.8. The van der Waals surface area contributed by atoms with Gasteiger partial charge in [-0.1, -0.05) is 5.04 Å². The Morgan fingerprint density at radius 2 is 1.12 bits per heavy atom. The molecule has 402 valence electrons. The van der Waals surface area contributed by atoms with Crippen LogP contribution in [0.1, 0.15) is 0 Å². The molecule has 0 radical (unpaired) electrons. The molecular weight excluding hydrogens is 1170 g/mol. The van der Waals surface area contributed by atoms with Crippen LogP contribution in [0.15, 0.2) is 124 Å². The van der Waals surface area contributed by atoms with Gasteiger partial charge in [-0.15, -0.1) is 19.7 Å². The van der Waals surface area contributed by atoms with Gasteiger partial charge in [0.25, 0.3) is 20.2 Å². The van der Waals surface area contributed by atoms with E-state index in [1.165, 1.54) is 12.1 Å². The Morgan fingerprint density at radius 3 is 1.64 bits per heavy atom. The summed E-state index contributed by atoms with van der Waals surface area (Å²) in [5.41, 5.74) is 3.53. The van der Waals surface area contributed by atoms with Gasteiger partial charge in [0.2, 0.25) is 17.2 Å². The summed E-state index contributed by atoms with van der Waals surface area (Å²) in [5.74, 6) is -3.16. The average molecular weight is 1200 g/mol. The van der Waals surface area contributed by atoms with Gasteiger partial charge in [0.1, 0.15) is 26.9 Å². The van der Waals surface area contributed by atoms with Gasteiger partial charge >= 0.3 is 20.8 Å². The summed E-state index contributed by atoms with van der Waals surface area (Å²) in [6.45, 7) is -1.78. The molecular formula is C35H31ClN10O22S7. The predicted molar refractivity (Wildman–Crippen MR) is 258 cm³/mol. The number of benzene rings is 5. The molecule has 10 N–H and O–H groups in total. The van der Waals surface area contributed by atoms with Crippen molar-refractivity contribution in [1.29, 1.82) is 0 Å². The summed E-state index contributed by atoms with van der Waals surface area (Å²) >= 11 is 6.25. The molecule has 0 aliphatic rings. The van der Waals surface area contributed by atoms with Crippen LogP contribution < -0.4 is 16.4 Å². The maximum Gasteiger partial charge on any atom is 0.397 e. The van der Waals surface area contributed by atoms with Gasteiger partial charge in [0, 0.05) is 11.4 Å². The van der Waals surface area contributed by atoms with E-state index < -0.39 is 134 Å². The normalized spacial score (nSPS) is 13.0. The molecule has 0 saturated heterocycles. The van der Waals surface area contributed by atoms with Crippen LogP contribution >= 0.6 is 23.6 Å². The number of azo groups is 2.